The number of carbonyl (C=O) groups excluding carboxylic acids is 1. The number of halogens is 1. The van der Waals surface area contributed by atoms with Crippen molar-refractivity contribution in [3.63, 3.8) is 0 Å². The maximum atomic E-state index is 13.6. The van der Waals surface area contributed by atoms with E-state index >= 15 is 0 Å². The van der Waals surface area contributed by atoms with Crippen molar-refractivity contribution in [2.24, 2.45) is 0 Å². The molecule has 5 nitrogen and oxygen atoms in total. The number of benzene rings is 2. The fourth-order valence-electron chi connectivity index (χ4n) is 3.20. The average molecular weight is 337 g/mol. The second kappa shape index (κ2) is 5.73. The van der Waals surface area contributed by atoms with Gasteiger partial charge >= 0.3 is 0 Å². The van der Waals surface area contributed by atoms with Gasteiger partial charge in [0.2, 0.25) is 0 Å². The van der Waals surface area contributed by atoms with E-state index in [1.807, 2.05) is 18.0 Å². The molecule has 4 rings (SSSR count). The van der Waals surface area contributed by atoms with E-state index in [9.17, 15) is 14.0 Å². The number of pyridine rings is 1. The fourth-order valence-corrected chi connectivity index (χ4v) is 3.20. The molecule has 0 atom stereocenters. The first kappa shape index (κ1) is 15.4. The van der Waals surface area contributed by atoms with Crippen LogP contribution < -0.4 is 15.4 Å². The summed E-state index contributed by atoms with van der Waals surface area (Å²) < 4.78 is 13.6. The average Bonchev–Trinajstić information content (AvgIpc) is 2.62. The van der Waals surface area contributed by atoms with Gasteiger partial charge in [-0.3, -0.25) is 9.59 Å². The van der Waals surface area contributed by atoms with Crippen molar-refractivity contribution in [2.45, 2.75) is 0 Å². The van der Waals surface area contributed by atoms with E-state index in [-0.39, 0.29) is 23.0 Å². The van der Waals surface area contributed by atoms with Crippen LogP contribution >= 0.6 is 0 Å². The lowest BCUT2D eigenvalue weighted by molar-refractivity contribution is 0.0982. The maximum Gasteiger partial charge on any atom is 0.274 e. The number of nitrogens with zero attached hydrogens (tertiary/aromatic N) is 2. The number of likely N-dealkylation sites (N-methyl/N-ethyl adjacent to an activating group) is 1. The Labute approximate surface area is 143 Å². The summed E-state index contributed by atoms with van der Waals surface area (Å²) in [6, 6.07) is 13.1. The predicted molar refractivity (Wildman–Crippen MR) is 95.9 cm³/mol. The van der Waals surface area contributed by atoms with Crippen LogP contribution in [0.2, 0.25) is 0 Å². The van der Waals surface area contributed by atoms with Gasteiger partial charge in [0.25, 0.3) is 11.5 Å². The van der Waals surface area contributed by atoms with Crippen molar-refractivity contribution in [1.29, 1.82) is 0 Å². The summed E-state index contributed by atoms with van der Waals surface area (Å²) in [5.74, 6) is -0.650. The van der Waals surface area contributed by atoms with Crippen LogP contribution in [0.25, 0.3) is 10.8 Å². The lowest BCUT2D eigenvalue weighted by Crippen LogP contribution is -2.43. The van der Waals surface area contributed by atoms with Crippen molar-refractivity contribution in [1.82, 2.24) is 4.98 Å². The van der Waals surface area contributed by atoms with Crippen LogP contribution in [0.5, 0.6) is 0 Å². The van der Waals surface area contributed by atoms with E-state index in [1.54, 1.807) is 35.2 Å². The molecular formula is C19H16FN3O2. The van der Waals surface area contributed by atoms with Crippen molar-refractivity contribution in [3.8, 4) is 0 Å². The Hall–Kier alpha value is -3.15. The molecule has 0 radical (unpaired) electrons. The number of aromatic nitrogens is 1. The number of carbonyl (C=O) groups is 1. The molecule has 2 heterocycles. The number of aromatic amines is 1. The number of fused-ring (bicyclic) bond motifs is 2. The predicted octanol–water partition coefficient (Wildman–Crippen LogP) is 2.76. The SMILES string of the molecule is CN1CCN(C(=O)c2cc3ccccc3c(=O)[nH]2)c2ccc(F)cc21. The Morgan fingerprint density at radius 3 is 2.72 bits per heavy atom. The van der Waals surface area contributed by atoms with Gasteiger partial charge in [0.05, 0.1) is 11.4 Å². The van der Waals surface area contributed by atoms with Gasteiger partial charge in [-0.2, -0.15) is 0 Å². The molecule has 0 fully saturated rings. The molecule has 0 aliphatic carbocycles. The van der Waals surface area contributed by atoms with Gasteiger partial charge in [-0.25, -0.2) is 4.39 Å². The highest BCUT2D eigenvalue weighted by molar-refractivity contribution is 6.08. The molecule has 1 aromatic heterocycles. The molecule has 0 saturated heterocycles. The molecule has 1 amide bonds. The van der Waals surface area contributed by atoms with E-state index in [0.29, 0.717) is 35.2 Å². The summed E-state index contributed by atoms with van der Waals surface area (Å²) in [7, 11) is 1.86. The Kier molecular flexibility index (Phi) is 3.53. The van der Waals surface area contributed by atoms with Gasteiger partial charge in [-0.15, -0.1) is 0 Å². The molecule has 0 saturated carbocycles. The van der Waals surface area contributed by atoms with Gasteiger partial charge in [0.15, 0.2) is 0 Å². The summed E-state index contributed by atoms with van der Waals surface area (Å²) >= 11 is 0. The Morgan fingerprint density at radius 2 is 1.88 bits per heavy atom. The molecule has 0 spiro atoms. The normalized spacial score (nSPS) is 13.8. The molecule has 1 N–H and O–H groups in total. The number of nitrogens with one attached hydrogen (secondary N) is 1. The molecule has 0 unspecified atom stereocenters. The number of hydrogen-bond donors (Lipinski definition) is 1. The first-order chi connectivity index (χ1) is 12.0. The lowest BCUT2D eigenvalue weighted by Gasteiger charge is -2.35. The largest absolute Gasteiger partial charge is 0.371 e. The summed E-state index contributed by atoms with van der Waals surface area (Å²) in [6.45, 7) is 1.04. The summed E-state index contributed by atoms with van der Waals surface area (Å²) in [4.78, 5) is 31.4. The van der Waals surface area contributed by atoms with Crippen LogP contribution in [0, 0.1) is 5.82 Å². The molecule has 3 aromatic rings. The van der Waals surface area contributed by atoms with E-state index in [0.717, 1.165) is 0 Å². The van der Waals surface area contributed by atoms with Gasteiger partial charge < -0.3 is 14.8 Å². The number of H-pyrrole nitrogens is 1. The van der Waals surface area contributed by atoms with Crippen LogP contribution in [0.15, 0.2) is 53.3 Å². The molecule has 25 heavy (non-hydrogen) atoms. The van der Waals surface area contributed by atoms with Crippen LogP contribution in [0.1, 0.15) is 10.5 Å². The lowest BCUT2D eigenvalue weighted by atomic mass is 10.1. The zero-order chi connectivity index (χ0) is 17.6. The quantitative estimate of drug-likeness (QED) is 0.743. The first-order valence-electron chi connectivity index (χ1n) is 7.99. The van der Waals surface area contributed by atoms with E-state index in [4.69, 9.17) is 0 Å². The van der Waals surface area contributed by atoms with Gasteiger partial charge in [-0.1, -0.05) is 18.2 Å². The van der Waals surface area contributed by atoms with E-state index in [1.165, 1.54) is 12.1 Å². The second-order valence-corrected chi connectivity index (χ2v) is 6.11. The number of rotatable bonds is 1. The molecule has 1 aliphatic rings. The molecule has 6 heteroatoms. The minimum absolute atomic E-state index is 0.225. The van der Waals surface area contributed by atoms with Gasteiger partial charge in [0, 0.05) is 25.5 Å². The molecule has 0 bridgehead atoms. The smallest absolute Gasteiger partial charge is 0.274 e. The maximum absolute atomic E-state index is 13.6. The van der Waals surface area contributed by atoms with Crippen LogP contribution in [0.3, 0.4) is 0 Å². The van der Waals surface area contributed by atoms with Crippen LogP contribution in [-0.4, -0.2) is 31.0 Å². The third-order valence-corrected chi connectivity index (χ3v) is 4.53. The standard InChI is InChI=1S/C19H16FN3O2/c1-22-8-9-23(16-7-6-13(20)11-17(16)22)19(25)15-10-12-4-2-3-5-14(12)18(24)21-15/h2-7,10-11H,8-9H2,1H3,(H,21,24). The van der Waals surface area contributed by atoms with Crippen molar-refractivity contribution in [3.05, 3.63) is 70.4 Å². The Bertz CT molecular complexity index is 1040. The first-order valence-corrected chi connectivity index (χ1v) is 7.99. The third-order valence-electron chi connectivity index (χ3n) is 4.53. The fraction of sp³-hybridized carbons (Fsp3) is 0.158. The molecular weight excluding hydrogens is 321 g/mol. The van der Waals surface area contributed by atoms with E-state index < -0.39 is 0 Å². The molecule has 1 aliphatic heterocycles. The number of hydrogen-bond acceptors (Lipinski definition) is 3. The van der Waals surface area contributed by atoms with Crippen LogP contribution in [-0.2, 0) is 0 Å². The van der Waals surface area contributed by atoms with Crippen molar-refractivity contribution in [2.75, 3.05) is 29.9 Å². The second-order valence-electron chi connectivity index (χ2n) is 6.11. The highest BCUT2D eigenvalue weighted by Gasteiger charge is 2.27. The zero-order valence-electron chi connectivity index (χ0n) is 13.6. The summed E-state index contributed by atoms with van der Waals surface area (Å²) in [5, 5.41) is 1.25. The van der Waals surface area contributed by atoms with Crippen molar-refractivity contribution >= 4 is 28.1 Å². The van der Waals surface area contributed by atoms with Gasteiger partial charge in [-0.05, 0) is 35.7 Å². The van der Waals surface area contributed by atoms with Gasteiger partial charge in [0.1, 0.15) is 11.5 Å². The highest BCUT2D eigenvalue weighted by Crippen LogP contribution is 2.33. The van der Waals surface area contributed by atoms with Crippen molar-refractivity contribution < 1.29 is 9.18 Å². The third kappa shape index (κ3) is 2.55. The van der Waals surface area contributed by atoms with Crippen LogP contribution in [0.4, 0.5) is 15.8 Å². The Morgan fingerprint density at radius 1 is 1.08 bits per heavy atom. The topological polar surface area (TPSA) is 56.4 Å². The highest BCUT2D eigenvalue weighted by atomic mass is 19.1. The number of amides is 1. The Balaban J connectivity index is 1.80. The minimum Gasteiger partial charge on any atom is -0.371 e. The molecule has 2 aromatic carbocycles. The van der Waals surface area contributed by atoms with E-state index in [2.05, 4.69) is 4.98 Å². The molecule has 126 valence electrons. The minimum atomic E-state index is -0.348. The zero-order valence-corrected chi connectivity index (χ0v) is 13.6. The monoisotopic (exact) mass is 337 g/mol. The number of anilines is 2. The summed E-state index contributed by atoms with van der Waals surface area (Å²) in [6.07, 6.45) is 0. The summed E-state index contributed by atoms with van der Waals surface area (Å²) in [5.41, 5.74) is 1.22.